The van der Waals surface area contributed by atoms with Crippen LogP contribution in [0.2, 0.25) is 0 Å². The smallest absolute Gasteiger partial charge is 0.0620 e. The second-order valence-corrected chi connectivity index (χ2v) is 40.8. The SMILES string of the molecule is CC(C)[P+](C)(C)C.CC(C)[P+](C1CCCCC1)(C1CCCCC1)C1CCCCC1.CC(C)[P+](c1ccccc1)(c1ccccc1)c1ccccc1.CC[P+](CC)(CC)C(C)C. The predicted octanol–water partition coefficient (Wildman–Crippen LogP) is 17.6. The Labute approximate surface area is 384 Å². The van der Waals surface area contributed by atoms with Gasteiger partial charge >= 0.3 is 0 Å². The molecule has 6 rings (SSSR count). The molecule has 0 N–H and O–H groups in total. The molecule has 3 aliphatic rings. The molecule has 3 saturated carbocycles. The van der Waals surface area contributed by atoms with Crippen LogP contribution in [0.25, 0.3) is 0 Å². The Morgan fingerprint density at radius 1 is 0.377 bits per heavy atom. The van der Waals surface area contributed by atoms with Crippen LogP contribution in [-0.4, -0.2) is 78.1 Å². The largest absolute Gasteiger partial charge is 0.114 e. The Bertz CT molecular complexity index is 1380. The Balaban J connectivity index is 0.000000239. The molecule has 0 nitrogen and oxygen atoms in total. The first-order valence-corrected chi connectivity index (χ1v) is 35.2. The molecule has 0 aromatic heterocycles. The van der Waals surface area contributed by atoms with Crippen LogP contribution in [0, 0.1) is 0 Å². The summed E-state index contributed by atoms with van der Waals surface area (Å²) in [6.07, 6.45) is 27.9. The average molecular weight is 909 g/mol. The van der Waals surface area contributed by atoms with Gasteiger partial charge in [0.15, 0.2) is 0 Å². The lowest BCUT2D eigenvalue weighted by molar-refractivity contribution is 0.447. The first kappa shape index (κ1) is 54.7. The molecule has 3 fully saturated rings. The van der Waals surface area contributed by atoms with Gasteiger partial charge in [-0.05, 0) is 190 Å². The van der Waals surface area contributed by atoms with Crippen molar-refractivity contribution in [3.05, 3.63) is 91.0 Å². The quantitative estimate of drug-likeness (QED) is 0.150. The van der Waals surface area contributed by atoms with Gasteiger partial charge in [0, 0.05) is 41.8 Å². The predicted molar refractivity (Wildman–Crippen MR) is 296 cm³/mol. The van der Waals surface area contributed by atoms with E-state index in [2.05, 4.69) is 187 Å². The van der Waals surface area contributed by atoms with Crippen molar-refractivity contribution >= 4 is 45.0 Å². The molecule has 0 atom stereocenters. The van der Waals surface area contributed by atoms with Crippen LogP contribution in [0.1, 0.15) is 172 Å². The Morgan fingerprint density at radius 2 is 0.639 bits per heavy atom. The first-order chi connectivity index (χ1) is 29.1. The molecule has 3 aromatic rings. The lowest BCUT2D eigenvalue weighted by Crippen LogP contribution is -2.40. The van der Waals surface area contributed by atoms with Crippen LogP contribution in [-0.2, 0) is 0 Å². The Morgan fingerprint density at radius 3 is 0.803 bits per heavy atom. The molecule has 4 heteroatoms. The van der Waals surface area contributed by atoms with Crippen molar-refractivity contribution in [3.8, 4) is 0 Å². The maximum atomic E-state index is 2.66. The average Bonchev–Trinajstić information content (AvgIpc) is 3.27. The second-order valence-electron chi connectivity index (χ2n) is 21.2. The van der Waals surface area contributed by atoms with E-state index < -0.39 is 29.0 Å². The minimum Gasteiger partial charge on any atom is -0.0620 e. The van der Waals surface area contributed by atoms with Crippen LogP contribution < -0.4 is 15.9 Å². The van der Waals surface area contributed by atoms with Crippen LogP contribution >= 0.6 is 29.0 Å². The van der Waals surface area contributed by atoms with Crippen molar-refractivity contribution in [2.75, 3.05) is 38.5 Å². The van der Waals surface area contributed by atoms with Crippen molar-refractivity contribution in [1.29, 1.82) is 0 Å². The minimum atomic E-state index is -1.63. The molecule has 0 heterocycles. The molecule has 344 valence electrons. The molecule has 0 saturated heterocycles. The van der Waals surface area contributed by atoms with Crippen molar-refractivity contribution in [1.82, 2.24) is 0 Å². The van der Waals surface area contributed by atoms with Gasteiger partial charge in [-0.15, -0.1) is 0 Å². The summed E-state index contributed by atoms with van der Waals surface area (Å²) >= 11 is 0. The van der Waals surface area contributed by atoms with E-state index in [1.54, 1.807) is 77.0 Å². The standard InChI is InChI=1S/C21H40P.C21H22P.C9H22P.C6H16P/c2*1-18(2)22(19-12-6-3-7-13-19,20-14-8-4-9-15-20)21-16-10-5-11-17-21;1-6-10(7-2,8-3)9(4)5;1-6(2)7(3,4)5/h18-21H,3-17H2,1-2H3;3-18H,1-2H3;9H,6-8H2,1-5H3;6H,1-5H3/q4*+1. The molecule has 0 aliphatic heterocycles. The fraction of sp³-hybridized carbons (Fsp3) is 0.684. The van der Waals surface area contributed by atoms with E-state index in [4.69, 9.17) is 0 Å². The minimum absolute atomic E-state index is 0.488. The zero-order valence-electron chi connectivity index (χ0n) is 42.7. The zero-order chi connectivity index (χ0) is 45.1. The zero-order valence-corrected chi connectivity index (χ0v) is 46.3. The molecule has 61 heavy (non-hydrogen) atoms. The van der Waals surface area contributed by atoms with E-state index >= 15 is 0 Å². The van der Waals surface area contributed by atoms with E-state index in [1.807, 2.05) is 0 Å². The van der Waals surface area contributed by atoms with Crippen LogP contribution in [0.5, 0.6) is 0 Å². The molecule has 0 amide bonds. The summed E-state index contributed by atoms with van der Waals surface area (Å²) in [5, 5.41) is 4.38. The highest BCUT2D eigenvalue weighted by molar-refractivity contribution is 7.96. The highest BCUT2D eigenvalue weighted by Gasteiger charge is 2.58. The maximum absolute atomic E-state index is 2.66. The van der Waals surface area contributed by atoms with Gasteiger partial charge in [-0.2, -0.15) is 0 Å². The lowest BCUT2D eigenvalue weighted by atomic mass is 9.99. The summed E-state index contributed by atoms with van der Waals surface area (Å²) in [6.45, 7) is 33.6. The van der Waals surface area contributed by atoms with Crippen LogP contribution in [0.4, 0.5) is 0 Å². The molecule has 0 bridgehead atoms. The van der Waals surface area contributed by atoms with E-state index in [0.717, 1.165) is 17.0 Å². The van der Waals surface area contributed by atoms with Gasteiger partial charge in [-0.1, -0.05) is 73.9 Å². The van der Waals surface area contributed by atoms with Crippen molar-refractivity contribution < 1.29 is 0 Å². The second kappa shape index (κ2) is 27.1. The molecule has 0 spiro atoms. The van der Waals surface area contributed by atoms with Crippen molar-refractivity contribution in [2.24, 2.45) is 0 Å². The molecular weight excluding hydrogens is 809 g/mol. The number of hydrogen-bond donors (Lipinski definition) is 0. The van der Waals surface area contributed by atoms with Gasteiger partial charge in [0.2, 0.25) is 0 Å². The van der Waals surface area contributed by atoms with Gasteiger partial charge in [-0.25, -0.2) is 0 Å². The summed E-state index contributed by atoms with van der Waals surface area (Å²) in [4.78, 5) is 0. The van der Waals surface area contributed by atoms with E-state index in [0.29, 0.717) is 5.66 Å². The molecular formula is C57H100P4+4. The van der Waals surface area contributed by atoms with Gasteiger partial charge in [-0.3, -0.25) is 0 Å². The molecule has 0 radical (unpaired) electrons. The summed E-state index contributed by atoms with van der Waals surface area (Å²) in [5.74, 6) is 0. The van der Waals surface area contributed by atoms with E-state index in [9.17, 15) is 0 Å². The molecule has 3 aliphatic carbocycles. The third-order valence-corrected chi connectivity index (χ3v) is 37.4. The Hall–Kier alpha value is -0.620. The highest BCUT2D eigenvalue weighted by Crippen LogP contribution is 2.79. The maximum Gasteiger partial charge on any atom is 0.114 e. The van der Waals surface area contributed by atoms with Crippen molar-refractivity contribution in [2.45, 2.75) is 212 Å². The summed E-state index contributed by atoms with van der Waals surface area (Å²) in [6, 6.07) is 33.1. The number of hydrogen-bond acceptors (Lipinski definition) is 0. The summed E-state index contributed by atoms with van der Waals surface area (Å²) in [5.41, 5.74) is 6.95. The molecule has 0 unspecified atom stereocenters. The topological polar surface area (TPSA) is 0 Å². The highest BCUT2D eigenvalue weighted by atomic mass is 31.2. The van der Waals surface area contributed by atoms with Gasteiger partial charge in [0.25, 0.3) is 0 Å². The molecule has 3 aromatic carbocycles. The van der Waals surface area contributed by atoms with Gasteiger partial charge in [0.1, 0.15) is 23.2 Å². The van der Waals surface area contributed by atoms with E-state index in [1.165, 1.54) is 70.6 Å². The van der Waals surface area contributed by atoms with Gasteiger partial charge in [0.05, 0.1) is 58.1 Å². The monoisotopic (exact) mass is 909 g/mol. The fourth-order valence-electron chi connectivity index (χ4n) is 11.8. The summed E-state index contributed by atoms with van der Waals surface area (Å²) in [7, 11) is -3.42. The number of benzene rings is 3. The van der Waals surface area contributed by atoms with Crippen molar-refractivity contribution in [3.63, 3.8) is 0 Å². The Kier molecular flexibility index (Phi) is 24.3. The van der Waals surface area contributed by atoms with Gasteiger partial charge < -0.3 is 0 Å². The summed E-state index contributed by atoms with van der Waals surface area (Å²) < 4.78 is 0. The number of rotatable bonds is 13. The third-order valence-electron chi connectivity index (χ3n) is 16.3. The van der Waals surface area contributed by atoms with Crippen LogP contribution in [0.15, 0.2) is 91.0 Å². The third kappa shape index (κ3) is 14.4. The van der Waals surface area contributed by atoms with Crippen LogP contribution in [0.3, 0.4) is 0 Å². The first-order valence-electron chi connectivity index (χ1n) is 25.7. The normalized spacial score (nSPS) is 17.6. The lowest BCUT2D eigenvalue weighted by Gasteiger charge is -2.51. The fourth-order valence-corrected chi connectivity index (χ4v) is 28.1. The van der Waals surface area contributed by atoms with E-state index in [-0.39, 0.29) is 0 Å².